The van der Waals surface area contributed by atoms with Crippen LogP contribution in [0.25, 0.3) is 22.4 Å². The summed E-state index contributed by atoms with van der Waals surface area (Å²) in [6.45, 7) is 4.19. The molecule has 21 heavy (non-hydrogen) atoms. The van der Waals surface area contributed by atoms with Gasteiger partial charge in [-0.25, -0.2) is 0 Å². The molecule has 0 unspecified atom stereocenters. The Bertz CT molecular complexity index is 788. The monoisotopic (exact) mass is 297 g/mol. The summed E-state index contributed by atoms with van der Waals surface area (Å²) in [7, 11) is 0. The Hall–Kier alpha value is -2.26. The topological polar surface area (TPSA) is 54.7 Å². The molecular formula is C17H16ClN3. The maximum absolute atomic E-state index is 6.06. The maximum atomic E-state index is 6.06. The van der Waals surface area contributed by atoms with E-state index in [1.54, 1.807) is 0 Å². The van der Waals surface area contributed by atoms with Gasteiger partial charge >= 0.3 is 0 Å². The Labute approximate surface area is 128 Å². The van der Waals surface area contributed by atoms with Gasteiger partial charge in [-0.15, -0.1) is 0 Å². The largest absolute Gasteiger partial charge is 0.382 e. The lowest BCUT2D eigenvalue weighted by molar-refractivity contribution is 1.10. The Morgan fingerprint density at radius 3 is 2.29 bits per heavy atom. The average molecular weight is 298 g/mol. The number of nitrogen functional groups attached to an aromatic ring is 1. The number of benzene rings is 2. The average Bonchev–Trinajstić information content (AvgIpc) is 2.85. The molecule has 4 heteroatoms. The molecule has 0 aliphatic carbocycles. The van der Waals surface area contributed by atoms with E-state index in [4.69, 9.17) is 17.3 Å². The molecule has 0 aliphatic rings. The zero-order valence-electron chi connectivity index (χ0n) is 11.9. The summed E-state index contributed by atoms with van der Waals surface area (Å²) in [6.07, 6.45) is 0. The van der Waals surface area contributed by atoms with Crippen molar-refractivity contribution in [2.24, 2.45) is 0 Å². The van der Waals surface area contributed by atoms with Gasteiger partial charge in [0.2, 0.25) is 0 Å². The number of halogens is 1. The summed E-state index contributed by atoms with van der Waals surface area (Å²) in [4.78, 5) is 0. The van der Waals surface area contributed by atoms with Gasteiger partial charge in [0.05, 0.1) is 11.3 Å². The van der Waals surface area contributed by atoms with Crippen LogP contribution in [0, 0.1) is 13.8 Å². The molecule has 0 atom stereocenters. The van der Waals surface area contributed by atoms with Gasteiger partial charge < -0.3 is 5.73 Å². The Morgan fingerprint density at radius 2 is 1.62 bits per heavy atom. The zero-order valence-corrected chi connectivity index (χ0v) is 12.7. The van der Waals surface area contributed by atoms with E-state index in [9.17, 15) is 0 Å². The van der Waals surface area contributed by atoms with Crippen LogP contribution < -0.4 is 5.73 Å². The first kappa shape index (κ1) is 13.7. The van der Waals surface area contributed by atoms with Gasteiger partial charge in [-0.2, -0.15) is 5.10 Å². The number of nitrogens with two attached hydrogens (primary N) is 1. The number of H-pyrrole nitrogens is 1. The lowest BCUT2D eigenvalue weighted by Gasteiger charge is -2.07. The summed E-state index contributed by atoms with van der Waals surface area (Å²) in [5.74, 6) is 0.503. The summed E-state index contributed by atoms with van der Waals surface area (Å²) in [5.41, 5.74) is 12.5. The van der Waals surface area contributed by atoms with Crippen LogP contribution >= 0.6 is 11.6 Å². The highest BCUT2D eigenvalue weighted by Gasteiger charge is 2.15. The van der Waals surface area contributed by atoms with Crippen LogP contribution in [0.5, 0.6) is 0 Å². The third-order valence-electron chi connectivity index (χ3n) is 3.72. The second kappa shape index (κ2) is 5.26. The van der Waals surface area contributed by atoms with E-state index in [1.165, 1.54) is 11.1 Å². The predicted octanol–water partition coefficient (Wildman–Crippen LogP) is 4.60. The van der Waals surface area contributed by atoms with Crippen LogP contribution in [0.1, 0.15) is 11.1 Å². The molecule has 3 aromatic rings. The third kappa shape index (κ3) is 2.52. The lowest BCUT2D eigenvalue weighted by Crippen LogP contribution is -1.90. The lowest BCUT2D eigenvalue weighted by atomic mass is 9.97. The van der Waals surface area contributed by atoms with Crippen molar-refractivity contribution in [3.63, 3.8) is 0 Å². The fraction of sp³-hybridized carbons (Fsp3) is 0.118. The molecule has 0 spiro atoms. The van der Waals surface area contributed by atoms with E-state index in [-0.39, 0.29) is 0 Å². The standard InChI is InChI=1S/C17H16ClN3/c1-10-3-4-13(9-11(10)2)15-16(20-21-17(15)19)12-5-7-14(18)8-6-12/h3-9H,1-2H3,(H3,19,20,21). The van der Waals surface area contributed by atoms with Gasteiger partial charge in [-0.3, -0.25) is 5.10 Å². The van der Waals surface area contributed by atoms with Crippen molar-refractivity contribution in [3.8, 4) is 22.4 Å². The number of aromatic amines is 1. The minimum atomic E-state index is 0.503. The molecule has 0 radical (unpaired) electrons. The van der Waals surface area contributed by atoms with Gasteiger partial charge in [0.25, 0.3) is 0 Å². The van der Waals surface area contributed by atoms with Gasteiger partial charge in [-0.05, 0) is 42.7 Å². The highest BCUT2D eigenvalue weighted by atomic mass is 35.5. The molecule has 3 N–H and O–H groups in total. The second-order valence-corrected chi connectivity index (χ2v) is 5.60. The molecular weight excluding hydrogens is 282 g/mol. The molecule has 3 nitrogen and oxygen atoms in total. The number of hydrogen-bond acceptors (Lipinski definition) is 2. The molecule has 0 saturated carbocycles. The van der Waals surface area contributed by atoms with E-state index in [0.717, 1.165) is 22.4 Å². The van der Waals surface area contributed by atoms with Crippen molar-refractivity contribution in [2.75, 3.05) is 5.73 Å². The fourth-order valence-corrected chi connectivity index (χ4v) is 2.50. The Morgan fingerprint density at radius 1 is 0.952 bits per heavy atom. The first-order valence-corrected chi connectivity index (χ1v) is 7.11. The van der Waals surface area contributed by atoms with Gasteiger partial charge in [0.15, 0.2) is 5.82 Å². The number of nitrogens with one attached hydrogen (secondary N) is 1. The maximum Gasteiger partial charge on any atom is 0.153 e. The zero-order chi connectivity index (χ0) is 15.0. The van der Waals surface area contributed by atoms with E-state index in [2.05, 4.69) is 42.2 Å². The number of nitrogens with zero attached hydrogens (tertiary/aromatic N) is 1. The number of rotatable bonds is 2. The highest BCUT2D eigenvalue weighted by molar-refractivity contribution is 6.30. The van der Waals surface area contributed by atoms with Gasteiger partial charge in [0, 0.05) is 10.6 Å². The minimum Gasteiger partial charge on any atom is -0.382 e. The van der Waals surface area contributed by atoms with E-state index >= 15 is 0 Å². The minimum absolute atomic E-state index is 0.503. The van der Waals surface area contributed by atoms with Crippen molar-refractivity contribution in [1.29, 1.82) is 0 Å². The van der Waals surface area contributed by atoms with Crippen LogP contribution in [0.3, 0.4) is 0 Å². The van der Waals surface area contributed by atoms with Gasteiger partial charge in [-0.1, -0.05) is 41.9 Å². The molecule has 1 aromatic heterocycles. The number of aryl methyl sites for hydroxylation is 2. The van der Waals surface area contributed by atoms with Gasteiger partial charge in [0.1, 0.15) is 0 Å². The van der Waals surface area contributed by atoms with Crippen LogP contribution in [-0.2, 0) is 0 Å². The molecule has 1 heterocycles. The van der Waals surface area contributed by atoms with Crippen LogP contribution in [-0.4, -0.2) is 10.2 Å². The molecule has 3 rings (SSSR count). The molecule has 2 aromatic carbocycles. The molecule has 106 valence electrons. The van der Waals surface area contributed by atoms with E-state index in [0.29, 0.717) is 10.8 Å². The first-order chi connectivity index (χ1) is 10.1. The number of hydrogen-bond donors (Lipinski definition) is 2. The molecule has 0 fully saturated rings. The van der Waals surface area contributed by atoms with Crippen molar-refractivity contribution >= 4 is 17.4 Å². The van der Waals surface area contributed by atoms with Crippen LogP contribution in [0.2, 0.25) is 5.02 Å². The molecule has 0 amide bonds. The summed E-state index contributed by atoms with van der Waals surface area (Å²) >= 11 is 5.95. The SMILES string of the molecule is Cc1ccc(-c2c(N)n[nH]c2-c2ccc(Cl)cc2)cc1C. The second-order valence-electron chi connectivity index (χ2n) is 5.16. The number of anilines is 1. The molecule has 0 saturated heterocycles. The smallest absolute Gasteiger partial charge is 0.153 e. The third-order valence-corrected chi connectivity index (χ3v) is 3.97. The summed E-state index contributed by atoms with van der Waals surface area (Å²) < 4.78 is 0. The van der Waals surface area contributed by atoms with Crippen molar-refractivity contribution < 1.29 is 0 Å². The first-order valence-electron chi connectivity index (χ1n) is 6.73. The predicted molar refractivity (Wildman–Crippen MR) is 88.4 cm³/mol. The fourth-order valence-electron chi connectivity index (χ4n) is 2.37. The highest BCUT2D eigenvalue weighted by Crippen LogP contribution is 2.35. The van der Waals surface area contributed by atoms with Crippen molar-refractivity contribution in [2.45, 2.75) is 13.8 Å². The Kier molecular flexibility index (Phi) is 3.43. The van der Waals surface area contributed by atoms with Crippen LogP contribution in [0.4, 0.5) is 5.82 Å². The van der Waals surface area contributed by atoms with E-state index < -0.39 is 0 Å². The van der Waals surface area contributed by atoms with E-state index in [1.807, 2.05) is 24.3 Å². The summed E-state index contributed by atoms with van der Waals surface area (Å²) in [6, 6.07) is 13.9. The van der Waals surface area contributed by atoms with Crippen molar-refractivity contribution in [3.05, 3.63) is 58.6 Å². The van der Waals surface area contributed by atoms with Crippen LogP contribution in [0.15, 0.2) is 42.5 Å². The normalized spacial score (nSPS) is 10.8. The molecule has 0 aliphatic heterocycles. The molecule has 0 bridgehead atoms. The Balaban J connectivity index is 2.16. The quantitative estimate of drug-likeness (QED) is 0.726. The van der Waals surface area contributed by atoms with Crippen molar-refractivity contribution in [1.82, 2.24) is 10.2 Å². The number of aromatic nitrogens is 2. The summed E-state index contributed by atoms with van der Waals surface area (Å²) in [5, 5.41) is 7.90.